The number of fused-ring (bicyclic) bond motifs is 1. The Morgan fingerprint density at radius 1 is 1.27 bits per heavy atom. The first-order valence-corrected chi connectivity index (χ1v) is 9.81. The Morgan fingerprint density at radius 2 is 2.00 bits per heavy atom. The van der Waals surface area contributed by atoms with Gasteiger partial charge < -0.3 is 14.6 Å². The van der Waals surface area contributed by atoms with Crippen LogP contribution in [-0.2, 0) is 16.1 Å². The number of carbonyl (C=O) groups is 2. The highest BCUT2D eigenvalue weighted by Gasteiger charge is 2.21. The zero-order valence-electron chi connectivity index (χ0n) is 16.4. The van der Waals surface area contributed by atoms with E-state index < -0.39 is 18.0 Å². The molecule has 0 fully saturated rings. The molecule has 156 valence electrons. The van der Waals surface area contributed by atoms with Crippen molar-refractivity contribution in [2.75, 3.05) is 5.32 Å². The van der Waals surface area contributed by atoms with E-state index in [0.29, 0.717) is 28.3 Å². The third-order valence-electron chi connectivity index (χ3n) is 4.36. The lowest BCUT2D eigenvalue weighted by Gasteiger charge is -2.14. The number of nitrogens with one attached hydrogen (secondary N) is 1. The van der Waals surface area contributed by atoms with Crippen molar-refractivity contribution in [1.82, 2.24) is 14.5 Å². The number of anilines is 1. The summed E-state index contributed by atoms with van der Waals surface area (Å²) in [5.41, 5.74) is 1.45. The minimum absolute atomic E-state index is 0.108. The number of esters is 1. The van der Waals surface area contributed by atoms with Gasteiger partial charge in [0, 0.05) is 12.7 Å². The Morgan fingerprint density at radius 3 is 2.67 bits per heavy atom. The van der Waals surface area contributed by atoms with E-state index in [4.69, 9.17) is 27.9 Å². The number of halogens is 2. The second kappa shape index (κ2) is 8.81. The number of hydrogen-bond donors (Lipinski definition) is 1. The second-order valence-electron chi connectivity index (χ2n) is 6.47. The maximum atomic E-state index is 12.5. The minimum atomic E-state index is -1.11. The molecule has 1 aromatic carbocycles. The van der Waals surface area contributed by atoms with Crippen molar-refractivity contribution in [3.8, 4) is 0 Å². The lowest BCUT2D eigenvalue weighted by Crippen LogP contribution is -2.30. The van der Waals surface area contributed by atoms with Crippen LogP contribution in [-0.4, -0.2) is 32.5 Å². The van der Waals surface area contributed by atoms with Gasteiger partial charge in [-0.15, -0.1) is 0 Å². The fourth-order valence-corrected chi connectivity index (χ4v) is 3.25. The van der Waals surface area contributed by atoms with Gasteiger partial charge in [-0.25, -0.2) is 14.8 Å². The molecule has 0 aliphatic carbocycles. The van der Waals surface area contributed by atoms with Gasteiger partial charge >= 0.3 is 5.97 Å². The van der Waals surface area contributed by atoms with Crippen LogP contribution < -0.4 is 10.9 Å². The number of carbonyl (C=O) groups excluding carboxylic acids is 2. The molecule has 2 aromatic heterocycles. The SMILES string of the molecule is CCn1c(=O)c(C)nc2cc(C(=O)O[C@@H](C)C(=O)Nc3ncc(Cl)cc3Cl)ccc21. The molecule has 3 rings (SSSR count). The topological polar surface area (TPSA) is 103 Å². The minimum Gasteiger partial charge on any atom is -0.449 e. The number of rotatable bonds is 5. The normalized spacial score (nSPS) is 11.9. The molecule has 0 spiro atoms. The number of aromatic nitrogens is 3. The number of aryl methyl sites for hydroxylation is 2. The molecule has 10 heteroatoms. The van der Waals surface area contributed by atoms with Crippen LogP contribution in [0.15, 0.2) is 35.3 Å². The molecule has 30 heavy (non-hydrogen) atoms. The van der Waals surface area contributed by atoms with Gasteiger partial charge in [-0.3, -0.25) is 9.59 Å². The number of pyridine rings is 1. The summed E-state index contributed by atoms with van der Waals surface area (Å²) in [7, 11) is 0. The summed E-state index contributed by atoms with van der Waals surface area (Å²) >= 11 is 11.8. The molecular weight excluding hydrogens is 431 g/mol. The average Bonchev–Trinajstić information content (AvgIpc) is 2.70. The quantitative estimate of drug-likeness (QED) is 0.597. The molecule has 1 atom stereocenters. The first kappa shape index (κ1) is 21.7. The summed E-state index contributed by atoms with van der Waals surface area (Å²) in [6.07, 6.45) is 0.223. The summed E-state index contributed by atoms with van der Waals surface area (Å²) in [6.45, 7) is 5.36. The Balaban J connectivity index is 1.77. The summed E-state index contributed by atoms with van der Waals surface area (Å²) in [4.78, 5) is 45.2. The van der Waals surface area contributed by atoms with Gasteiger partial charge in [0.25, 0.3) is 11.5 Å². The van der Waals surface area contributed by atoms with E-state index in [9.17, 15) is 14.4 Å². The maximum Gasteiger partial charge on any atom is 0.338 e. The van der Waals surface area contributed by atoms with Crippen LogP contribution >= 0.6 is 23.2 Å². The maximum absolute atomic E-state index is 12.5. The van der Waals surface area contributed by atoms with E-state index in [1.165, 1.54) is 31.3 Å². The smallest absolute Gasteiger partial charge is 0.338 e. The molecule has 1 amide bonds. The standard InChI is InChI=1S/C20H18Cl2N4O4/c1-4-26-16-6-5-12(7-15(16)24-10(2)19(26)28)20(29)30-11(3)18(27)25-17-14(22)8-13(21)9-23-17/h5-9,11H,4H2,1-3H3,(H,23,25,27)/t11-/m0/s1. The highest BCUT2D eigenvalue weighted by molar-refractivity contribution is 6.36. The summed E-state index contributed by atoms with van der Waals surface area (Å²) in [6, 6.07) is 6.11. The number of ether oxygens (including phenoxy) is 1. The van der Waals surface area contributed by atoms with Crippen molar-refractivity contribution in [3.63, 3.8) is 0 Å². The predicted octanol–water partition coefficient (Wildman–Crippen LogP) is 3.61. The van der Waals surface area contributed by atoms with Crippen LogP contribution in [0.2, 0.25) is 10.0 Å². The first-order chi connectivity index (χ1) is 14.2. The molecule has 0 aliphatic heterocycles. The van der Waals surface area contributed by atoms with E-state index in [1.54, 1.807) is 17.6 Å². The van der Waals surface area contributed by atoms with E-state index in [-0.39, 0.29) is 22.0 Å². The van der Waals surface area contributed by atoms with Gasteiger partial charge in [0.2, 0.25) is 0 Å². The molecule has 0 radical (unpaired) electrons. The lowest BCUT2D eigenvalue weighted by atomic mass is 10.2. The van der Waals surface area contributed by atoms with Crippen molar-refractivity contribution < 1.29 is 14.3 Å². The molecule has 0 bridgehead atoms. The third kappa shape index (κ3) is 4.44. The number of benzene rings is 1. The molecule has 2 heterocycles. The van der Waals surface area contributed by atoms with Crippen molar-refractivity contribution in [2.45, 2.75) is 33.4 Å². The van der Waals surface area contributed by atoms with Crippen molar-refractivity contribution in [1.29, 1.82) is 0 Å². The van der Waals surface area contributed by atoms with Crippen molar-refractivity contribution >= 4 is 51.9 Å². The van der Waals surface area contributed by atoms with Gasteiger partial charge in [-0.05, 0) is 45.0 Å². The third-order valence-corrected chi connectivity index (χ3v) is 4.86. The molecular formula is C20H18Cl2N4O4. The first-order valence-electron chi connectivity index (χ1n) is 9.05. The van der Waals surface area contributed by atoms with Crippen LogP contribution in [0.3, 0.4) is 0 Å². The highest BCUT2D eigenvalue weighted by Crippen LogP contribution is 2.23. The number of nitrogens with zero attached hydrogens (tertiary/aromatic N) is 3. The molecule has 0 saturated carbocycles. The van der Waals surface area contributed by atoms with Gasteiger partial charge in [-0.1, -0.05) is 23.2 Å². The number of hydrogen-bond acceptors (Lipinski definition) is 6. The Bertz CT molecular complexity index is 1210. The van der Waals surface area contributed by atoms with Crippen molar-refractivity contribution in [2.24, 2.45) is 0 Å². The van der Waals surface area contributed by atoms with Crippen LogP contribution in [0.25, 0.3) is 11.0 Å². The molecule has 8 nitrogen and oxygen atoms in total. The molecule has 0 aliphatic rings. The summed E-state index contributed by atoms with van der Waals surface area (Å²) in [5, 5.41) is 2.97. The lowest BCUT2D eigenvalue weighted by molar-refractivity contribution is -0.123. The van der Waals surface area contributed by atoms with Crippen LogP contribution in [0.5, 0.6) is 0 Å². The van der Waals surface area contributed by atoms with E-state index in [0.717, 1.165) is 0 Å². The zero-order chi connectivity index (χ0) is 22.0. The molecule has 0 saturated heterocycles. The fraction of sp³-hybridized carbons (Fsp3) is 0.250. The monoisotopic (exact) mass is 448 g/mol. The van der Waals surface area contributed by atoms with Gasteiger partial charge in [0.15, 0.2) is 11.9 Å². The molecule has 0 unspecified atom stereocenters. The van der Waals surface area contributed by atoms with Crippen molar-refractivity contribution in [3.05, 3.63) is 62.1 Å². The van der Waals surface area contributed by atoms with Gasteiger partial charge in [-0.2, -0.15) is 0 Å². The largest absolute Gasteiger partial charge is 0.449 e. The van der Waals surface area contributed by atoms with Gasteiger partial charge in [0.05, 0.1) is 26.6 Å². The predicted molar refractivity (Wildman–Crippen MR) is 114 cm³/mol. The Labute approximate surface area is 181 Å². The van der Waals surface area contributed by atoms with Crippen LogP contribution in [0, 0.1) is 6.92 Å². The summed E-state index contributed by atoms with van der Waals surface area (Å²) < 4.78 is 6.82. The molecule has 3 aromatic rings. The summed E-state index contributed by atoms with van der Waals surface area (Å²) in [5.74, 6) is -1.20. The number of amides is 1. The van der Waals surface area contributed by atoms with Gasteiger partial charge in [0.1, 0.15) is 5.69 Å². The van der Waals surface area contributed by atoms with E-state index in [2.05, 4.69) is 15.3 Å². The average molecular weight is 449 g/mol. The molecule has 1 N–H and O–H groups in total. The van der Waals surface area contributed by atoms with Crippen LogP contribution in [0.1, 0.15) is 29.9 Å². The Kier molecular flexibility index (Phi) is 6.38. The van der Waals surface area contributed by atoms with E-state index >= 15 is 0 Å². The van der Waals surface area contributed by atoms with Crippen LogP contribution in [0.4, 0.5) is 5.82 Å². The zero-order valence-corrected chi connectivity index (χ0v) is 17.9. The second-order valence-corrected chi connectivity index (χ2v) is 7.31. The Hall–Kier alpha value is -2.97. The highest BCUT2D eigenvalue weighted by atomic mass is 35.5. The van der Waals surface area contributed by atoms with E-state index in [1.807, 2.05) is 6.92 Å². The fourth-order valence-electron chi connectivity index (χ4n) is 2.82.